The molecule has 1 fully saturated rings. The molecule has 3 nitrogen and oxygen atoms in total. The highest BCUT2D eigenvalue weighted by Gasteiger charge is 2.40. The van der Waals surface area contributed by atoms with Crippen LogP contribution in [-0.2, 0) is 6.54 Å². The highest BCUT2D eigenvalue weighted by Crippen LogP contribution is 2.42. The second-order valence-electron chi connectivity index (χ2n) is 5.87. The van der Waals surface area contributed by atoms with E-state index >= 15 is 0 Å². The average molecular weight is 336 g/mol. The van der Waals surface area contributed by atoms with Gasteiger partial charge in [0.15, 0.2) is 11.5 Å². The van der Waals surface area contributed by atoms with Crippen LogP contribution in [0.1, 0.15) is 31.2 Å². The number of likely N-dealkylation sites (tertiary alicyclic amines) is 1. The Labute approximate surface area is 127 Å². The maximum Gasteiger partial charge on any atom is 0.231 e. The molecule has 0 aromatic heterocycles. The predicted molar refractivity (Wildman–Crippen MR) is 81.0 cm³/mol. The maximum absolute atomic E-state index is 5.50. The van der Waals surface area contributed by atoms with Crippen molar-refractivity contribution < 1.29 is 9.47 Å². The lowest BCUT2D eigenvalue weighted by atomic mass is 9.95. The van der Waals surface area contributed by atoms with E-state index < -0.39 is 0 Å². The third-order valence-corrected chi connectivity index (χ3v) is 5.48. The second kappa shape index (κ2) is 4.78. The standard InChI is InChI=1S/C16H18BrNO2/c17-13-9-15-14(19-11-20-15)8-12(13)10-18-7-3-6-16(18)4-1-2-5-16/h1,4,8-9H,2-3,5-7,10-11H2. The van der Waals surface area contributed by atoms with Crippen LogP contribution < -0.4 is 9.47 Å². The third kappa shape index (κ3) is 1.97. The van der Waals surface area contributed by atoms with Crippen molar-refractivity contribution in [2.45, 2.75) is 37.8 Å². The van der Waals surface area contributed by atoms with Crippen LogP contribution >= 0.6 is 15.9 Å². The molecular weight excluding hydrogens is 318 g/mol. The molecule has 1 aliphatic carbocycles. The molecule has 1 saturated heterocycles. The van der Waals surface area contributed by atoms with Gasteiger partial charge in [-0.15, -0.1) is 0 Å². The lowest BCUT2D eigenvalue weighted by Gasteiger charge is -2.34. The molecule has 0 bridgehead atoms. The Morgan fingerprint density at radius 2 is 2.05 bits per heavy atom. The first-order chi connectivity index (χ1) is 9.77. The Morgan fingerprint density at radius 1 is 1.20 bits per heavy atom. The van der Waals surface area contributed by atoms with Gasteiger partial charge in [0.1, 0.15) is 0 Å². The summed E-state index contributed by atoms with van der Waals surface area (Å²) in [6.07, 6.45) is 9.86. The van der Waals surface area contributed by atoms with Gasteiger partial charge >= 0.3 is 0 Å². The van der Waals surface area contributed by atoms with E-state index in [1.54, 1.807) is 0 Å². The molecule has 4 rings (SSSR count). The molecule has 0 N–H and O–H groups in total. The number of benzene rings is 1. The summed E-state index contributed by atoms with van der Waals surface area (Å²) < 4.78 is 12.0. The SMILES string of the molecule is Brc1cc2c(cc1CN1CCCC13C=CCC3)OCO2. The van der Waals surface area contributed by atoms with Gasteiger partial charge in [-0.3, -0.25) is 4.90 Å². The number of halogens is 1. The van der Waals surface area contributed by atoms with Crippen molar-refractivity contribution in [2.75, 3.05) is 13.3 Å². The van der Waals surface area contributed by atoms with Gasteiger partial charge < -0.3 is 9.47 Å². The van der Waals surface area contributed by atoms with Crippen LogP contribution in [0.3, 0.4) is 0 Å². The van der Waals surface area contributed by atoms with Gasteiger partial charge in [-0.2, -0.15) is 0 Å². The maximum atomic E-state index is 5.50. The molecule has 3 aliphatic rings. The van der Waals surface area contributed by atoms with Gasteiger partial charge in [-0.1, -0.05) is 28.1 Å². The van der Waals surface area contributed by atoms with E-state index in [1.807, 2.05) is 6.07 Å². The van der Waals surface area contributed by atoms with Crippen LogP contribution in [0.2, 0.25) is 0 Å². The molecule has 0 radical (unpaired) electrons. The fourth-order valence-corrected chi connectivity index (χ4v) is 4.12. The fraction of sp³-hybridized carbons (Fsp3) is 0.500. The molecule has 1 spiro atoms. The molecule has 4 heteroatoms. The molecule has 106 valence electrons. The number of hydrogen-bond donors (Lipinski definition) is 0. The van der Waals surface area contributed by atoms with E-state index in [1.165, 1.54) is 37.8 Å². The predicted octanol–water partition coefficient (Wildman–Crippen LogP) is 3.86. The summed E-state index contributed by atoms with van der Waals surface area (Å²) in [6, 6.07) is 4.15. The first kappa shape index (κ1) is 12.7. The Balaban J connectivity index is 1.61. The molecule has 2 heterocycles. The normalized spacial score (nSPS) is 27.9. The minimum Gasteiger partial charge on any atom is -0.454 e. The summed E-state index contributed by atoms with van der Waals surface area (Å²) in [6.45, 7) is 2.49. The molecule has 1 unspecified atom stereocenters. The second-order valence-corrected chi connectivity index (χ2v) is 6.72. The van der Waals surface area contributed by atoms with Crippen molar-refractivity contribution in [3.05, 3.63) is 34.3 Å². The number of rotatable bonds is 2. The van der Waals surface area contributed by atoms with Crippen molar-refractivity contribution in [3.63, 3.8) is 0 Å². The molecule has 2 aliphatic heterocycles. The van der Waals surface area contributed by atoms with Crippen LogP contribution in [-0.4, -0.2) is 23.8 Å². The van der Waals surface area contributed by atoms with Crippen LogP contribution in [0.5, 0.6) is 11.5 Å². The van der Waals surface area contributed by atoms with Gasteiger partial charge in [0.05, 0.1) is 0 Å². The Kier molecular flexibility index (Phi) is 3.04. The summed E-state index contributed by atoms with van der Waals surface area (Å²) in [5, 5.41) is 0. The highest BCUT2D eigenvalue weighted by molar-refractivity contribution is 9.10. The molecular formula is C16H18BrNO2. The van der Waals surface area contributed by atoms with E-state index in [9.17, 15) is 0 Å². The lowest BCUT2D eigenvalue weighted by Crippen LogP contribution is -2.39. The molecule has 1 aromatic carbocycles. The van der Waals surface area contributed by atoms with Crippen LogP contribution in [0.4, 0.5) is 0 Å². The van der Waals surface area contributed by atoms with Gasteiger partial charge in [-0.25, -0.2) is 0 Å². The summed E-state index contributed by atoms with van der Waals surface area (Å²) in [5.74, 6) is 1.72. The lowest BCUT2D eigenvalue weighted by molar-refractivity contribution is 0.171. The van der Waals surface area contributed by atoms with Crippen LogP contribution in [0.25, 0.3) is 0 Å². The molecule has 1 atom stereocenters. The third-order valence-electron chi connectivity index (χ3n) is 4.74. The minimum atomic E-state index is 0.315. The van der Waals surface area contributed by atoms with Crippen LogP contribution in [0, 0.1) is 0 Å². The first-order valence-corrected chi connectivity index (χ1v) is 8.07. The topological polar surface area (TPSA) is 21.7 Å². The molecule has 20 heavy (non-hydrogen) atoms. The van der Waals surface area contributed by atoms with Crippen molar-refractivity contribution in [2.24, 2.45) is 0 Å². The number of allylic oxidation sites excluding steroid dienone is 1. The zero-order valence-electron chi connectivity index (χ0n) is 11.4. The fourth-order valence-electron chi connectivity index (χ4n) is 3.67. The molecule has 0 amide bonds. The Hall–Kier alpha value is -1.00. The van der Waals surface area contributed by atoms with Crippen molar-refractivity contribution in [3.8, 4) is 11.5 Å². The van der Waals surface area contributed by atoms with E-state index in [-0.39, 0.29) is 0 Å². The summed E-state index contributed by atoms with van der Waals surface area (Å²) in [4.78, 5) is 2.62. The minimum absolute atomic E-state index is 0.315. The molecule has 0 saturated carbocycles. The first-order valence-electron chi connectivity index (χ1n) is 7.28. The highest BCUT2D eigenvalue weighted by atomic mass is 79.9. The van der Waals surface area contributed by atoms with Crippen molar-refractivity contribution in [1.82, 2.24) is 4.90 Å². The summed E-state index contributed by atoms with van der Waals surface area (Å²) >= 11 is 3.67. The van der Waals surface area contributed by atoms with E-state index in [0.29, 0.717) is 12.3 Å². The van der Waals surface area contributed by atoms with E-state index in [2.05, 4.69) is 39.0 Å². The van der Waals surface area contributed by atoms with Gasteiger partial charge in [0.2, 0.25) is 6.79 Å². The van der Waals surface area contributed by atoms with Crippen molar-refractivity contribution >= 4 is 15.9 Å². The van der Waals surface area contributed by atoms with Gasteiger partial charge in [-0.05, 0) is 49.9 Å². The number of hydrogen-bond acceptors (Lipinski definition) is 3. The van der Waals surface area contributed by atoms with Gasteiger partial charge in [0.25, 0.3) is 0 Å². The van der Waals surface area contributed by atoms with Crippen LogP contribution in [0.15, 0.2) is 28.8 Å². The summed E-state index contributed by atoms with van der Waals surface area (Å²) in [5.41, 5.74) is 1.60. The zero-order chi connectivity index (χ0) is 13.6. The largest absolute Gasteiger partial charge is 0.454 e. The quantitative estimate of drug-likeness (QED) is 0.766. The Bertz CT molecular complexity index is 572. The smallest absolute Gasteiger partial charge is 0.231 e. The van der Waals surface area contributed by atoms with Crippen molar-refractivity contribution in [1.29, 1.82) is 0 Å². The van der Waals surface area contributed by atoms with Gasteiger partial charge in [0, 0.05) is 16.6 Å². The monoisotopic (exact) mass is 335 g/mol. The Morgan fingerprint density at radius 3 is 2.85 bits per heavy atom. The average Bonchev–Trinajstić information content (AvgIpc) is 3.14. The summed E-state index contributed by atoms with van der Waals surface area (Å²) in [7, 11) is 0. The number of ether oxygens (including phenoxy) is 2. The van der Waals surface area contributed by atoms with E-state index in [4.69, 9.17) is 9.47 Å². The van der Waals surface area contributed by atoms with E-state index in [0.717, 1.165) is 22.5 Å². The zero-order valence-corrected chi connectivity index (χ0v) is 13.0. The molecule has 1 aromatic rings. The number of fused-ring (bicyclic) bond motifs is 1. The number of nitrogens with zero attached hydrogens (tertiary/aromatic N) is 1.